The fraction of sp³-hybridized carbons (Fsp3) is 0.519. The Hall–Kier alpha value is -3.31. The van der Waals surface area contributed by atoms with Crippen LogP contribution in [-0.4, -0.2) is 46.2 Å². The molecule has 1 atom stereocenters. The molecule has 2 amide bonds. The Morgan fingerprint density at radius 3 is 2.60 bits per heavy atom. The molecule has 0 radical (unpaired) electrons. The van der Waals surface area contributed by atoms with Crippen molar-refractivity contribution in [3.05, 3.63) is 35.4 Å². The first kappa shape index (κ1) is 23.4. The zero-order chi connectivity index (χ0) is 24.7. The Labute approximate surface area is 206 Å². The van der Waals surface area contributed by atoms with Gasteiger partial charge in [0.05, 0.1) is 12.1 Å². The second kappa shape index (κ2) is 9.04. The van der Waals surface area contributed by atoms with E-state index in [1.54, 1.807) is 4.68 Å². The molecule has 35 heavy (non-hydrogen) atoms. The predicted octanol–water partition coefficient (Wildman–Crippen LogP) is 3.30. The van der Waals surface area contributed by atoms with Gasteiger partial charge >= 0.3 is 0 Å². The first-order valence-corrected chi connectivity index (χ1v) is 12.5. The van der Waals surface area contributed by atoms with E-state index in [0.717, 1.165) is 56.3 Å². The molecule has 1 unspecified atom stereocenters. The molecule has 1 aromatic heterocycles. The number of nitrogen functional groups attached to an aromatic ring is 1. The van der Waals surface area contributed by atoms with E-state index in [9.17, 15) is 9.59 Å². The molecule has 4 N–H and O–H groups in total. The molecular weight excluding hydrogens is 442 g/mol. The highest BCUT2D eigenvalue weighted by molar-refractivity contribution is 6.03. The maximum atomic E-state index is 12.4. The minimum absolute atomic E-state index is 0.0176. The van der Waals surface area contributed by atoms with Gasteiger partial charge in [-0.15, -0.1) is 0 Å². The van der Waals surface area contributed by atoms with Crippen LogP contribution in [0.4, 0.5) is 5.82 Å². The van der Waals surface area contributed by atoms with Crippen molar-refractivity contribution in [1.82, 2.24) is 14.7 Å². The van der Waals surface area contributed by atoms with Crippen molar-refractivity contribution in [2.24, 2.45) is 17.1 Å². The molecule has 2 aliphatic carbocycles. The van der Waals surface area contributed by atoms with Gasteiger partial charge in [-0.25, -0.2) is 4.68 Å². The summed E-state index contributed by atoms with van der Waals surface area (Å²) in [6, 6.07) is 7.88. The molecule has 2 saturated carbocycles. The van der Waals surface area contributed by atoms with Crippen molar-refractivity contribution >= 4 is 17.6 Å². The molecular formula is C27H33N5O3. The normalized spacial score (nSPS) is 24.1. The van der Waals surface area contributed by atoms with Gasteiger partial charge < -0.3 is 21.1 Å². The number of rotatable bonds is 6. The average Bonchev–Trinajstić information content (AvgIpc) is 3.43. The SMILES string of the molecule is CCOC(C)c1ccc(-c2nn([C@H]3C[C@@]4(CCN(C(=O)C#CC5CC5)C4)C3)c(N)c2C(N)=O)cc1. The second-order valence-corrected chi connectivity index (χ2v) is 10.2. The van der Waals surface area contributed by atoms with E-state index >= 15 is 0 Å². The number of hydrogen-bond acceptors (Lipinski definition) is 5. The summed E-state index contributed by atoms with van der Waals surface area (Å²) in [6.45, 7) is 6.07. The van der Waals surface area contributed by atoms with Crippen molar-refractivity contribution in [1.29, 1.82) is 0 Å². The fourth-order valence-electron chi connectivity index (χ4n) is 5.45. The van der Waals surface area contributed by atoms with Crippen LogP contribution < -0.4 is 11.5 Å². The topological polar surface area (TPSA) is 116 Å². The monoisotopic (exact) mass is 475 g/mol. The third-order valence-electron chi connectivity index (χ3n) is 7.63. The molecule has 3 fully saturated rings. The molecule has 184 valence electrons. The van der Waals surface area contributed by atoms with Gasteiger partial charge in [0.1, 0.15) is 17.1 Å². The number of benzene rings is 1. The molecule has 2 heterocycles. The third-order valence-corrected chi connectivity index (χ3v) is 7.63. The quantitative estimate of drug-likeness (QED) is 0.622. The Bertz CT molecular complexity index is 1200. The van der Waals surface area contributed by atoms with E-state index in [4.69, 9.17) is 21.3 Å². The predicted molar refractivity (Wildman–Crippen MR) is 133 cm³/mol. The number of amides is 2. The maximum absolute atomic E-state index is 12.4. The van der Waals surface area contributed by atoms with Crippen LogP contribution in [0.25, 0.3) is 11.3 Å². The van der Waals surface area contributed by atoms with Gasteiger partial charge in [-0.3, -0.25) is 9.59 Å². The number of nitrogens with two attached hydrogens (primary N) is 2. The molecule has 5 rings (SSSR count). The second-order valence-electron chi connectivity index (χ2n) is 10.2. The zero-order valence-corrected chi connectivity index (χ0v) is 20.4. The highest BCUT2D eigenvalue weighted by Gasteiger charge is 2.51. The summed E-state index contributed by atoms with van der Waals surface area (Å²) in [6.07, 6.45) is 4.89. The van der Waals surface area contributed by atoms with Gasteiger partial charge in [-0.2, -0.15) is 5.10 Å². The van der Waals surface area contributed by atoms with Crippen LogP contribution >= 0.6 is 0 Å². The minimum atomic E-state index is -0.587. The van der Waals surface area contributed by atoms with Crippen molar-refractivity contribution in [2.75, 3.05) is 25.4 Å². The van der Waals surface area contributed by atoms with Crippen molar-refractivity contribution in [2.45, 2.75) is 58.1 Å². The fourth-order valence-corrected chi connectivity index (χ4v) is 5.45. The van der Waals surface area contributed by atoms with E-state index in [-0.39, 0.29) is 29.0 Å². The molecule has 1 spiro atoms. The van der Waals surface area contributed by atoms with E-state index in [2.05, 4.69) is 11.8 Å². The lowest BCUT2D eigenvalue weighted by Gasteiger charge is -2.45. The first-order chi connectivity index (χ1) is 16.8. The van der Waals surface area contributed by atoms with Gasteiger partial charge in [-0.05, 0) is 62.9 Å². The van der Waals surface area contributed by atoms with Crippen LogP contribution in [0, 0.1) is 23.2 Å². The van der Waals surface area contributed by atoms with Gasteiger partial charge in [0.2, 0.25) is 0 Å². The summed E-state index contributed by atoms with van der Waals surface area (Å²) in [5.74, 6) is 5.97. The molecule has 8 nitrogen and oxygen atoms in total. The van der Waals surface area contributed by atoms with Crippen molar-refractivity contribution in [3.63, 3.8) is 0 Å². The van der Waals surface area contributed by atoms with E-state index in [1.165, 1.54) is 0 Å². The minimum Gasteiger partial charge on any atom is -0.383 e. The molecule has 1 saturated heterocycles. The van der Waals surface area contributed by atoms with Crippen molar-refractivity contribution in [3.8, 4) is 23.1 Å². The molecule has 3 aliphatic rings. The highest BCUT2D eigenvalue weighted by Crippen LogP contribution is 2.54. The van der Waals surface area contributed by atoms with Crippen LogP contribution in [0.2, 0.25) is 0 Å². The molecule has 8 heteroatoms. The Morgan fingerprint density at radius 2 is 1.97 bits per heavy atom. The largest absolute Gasteiger partial charge is 0.383 e. The number of ether oxygens (including phenoxy) is 1. The van der Waals surface area contributed by atoms with Gasteiger partial charge in [0.25, 0.3) is 11.8 Å². The summed E-state index contributed by atoms with van der Waals surface area (Å²) in [7, 11) is 0. The van der Waals surface area contributed by atoms with Crippen LogP contribution in [-0.2, 0) is 9.53 Å². The molecule has 1 aliphatic heterocycles. The van der Waals surface area contributed by atoms with Crippen LogP contribution in [0.5, 0.6) is 0 Å². The van der Waals surface area contributed by atoms with Crippen LogP contribution in [0.3, 0.4) is 0 Å². The molecule has 2 aromatic rings. The van der Waals surface area contributed by atoms with Crippen LogP contribution in [0.15, 0.2) is 24.3 Å². The van der Waals surface area contributed by atoms with Gasteiger partial charge in [0, 0.05) is 31.2 Å². The van der Waals surface area contributed by atoms with E-state index < -0.39 is 5.91 Å². The maximum Gasteiger partial charge on any atom is 0.298 e. The van der Waals surface area contributed by atoms with Crippen molar-refractivity contribution < 1.29 is 14.3 Å². The Kier molecular flexibility index (Phi) is 6.06. The molecule has 1 aromatic carbocycles. The third kappa shape index (κ3) is 4.53. The lowest BCUT2D eigenvalue weighted by atomic mass is 9.65. The Morgan fingerprint density at radius 1 is 1.26 bits per heavy atom. The zero-order valence-electron chi connectivity index (χ0n) is 20.4. The van der Waals surface area contributed by atoms with Gasteiger partial charge in [0.15, 0.2) is 0 Å². The standard InChI is InChI=1S/C27H33N5O3/c1-3-35-17(2)19-7-9-20(10-8-19)24-23(26(29)34)25(28)32(30-24)21-14-27(15-21)12-13-31(16-27)22(33)11-6-18-4-5-18/h7-10,17-18,21H,3-5,12-16,28H2,1-2H3,(H2,29,34)/t17?,21-,27-. The number of anilines is 1. The van der Waals surface area contributed by atoms with Gasteiger partial charge in [-0.1, -0.05) is 30.2 Å². The number of carbonyl (C=O) groups excluding carboxylic acids is 2. The summed E-state index contributed by atoms with van der Waals surface area (Å²) < 4.78 is 7.42. The number of carbonyl (C=O) groups is 2. The number of likely N-dealkylation sites (tertiary alicyclic amines) is 1. The summed E-state index contributed by atoms with van der Waals surface area (Å²) in [5.41, 5.74) is 14.8. The highest BCUT2D eigenvalue weighted by atomic mass is 16.5. The van der Waals surface area contributed by atoms with E-state index in [1.807, 2.05) is 43.0 Å². The van der Waals surface area contributed by atoms with Crippen LogP contribution in [0.1, 0.15) is 74.0 Å². The lowest BCUT2D eigenvalue weighted by Crippen LogP contribution is -2.42. The van der Waals surface area contributed by atoms with E-state index in [0.29, 0.717) is 24.0 Å². The summed E-state index contributed by atoms with van der Waals surface area (Å²) in [4.78, 5) is 26.6. The summed E-state index contributed by atoms with van der Waals surface area (Å²) >= 11 is 0. The number of hydrogen-bond donors (Lipinski definition) is 2. The lowest BCUT2D eigenvalue weighted by molar-refractivity contribution is -0.125. The number of aromatic nitrogens is 2. The first-order valence-electron chi connectivity index (χ1n) is 12.5. The number of nitrogens with zero attached hydrogens (tertiary/aromatic N) is 3. The molecule has 0 bridgehead atoms. The Balaban J connectivity index is 1.31. The average molecular weight is 476 g/mol. The smallest absolute Gasteiger partial charge is 0.298 e. The summed E-state index contributed by atoms with van der Waals surface area (Å²) in [5, 5.41) is 4.76. The number of primary amides is 1.